The first kappa shape index (κ1) is 15.4. The highest BCUT2D eigenvalue weighted by Gasteiger charge is 2.14. The Hall–Kier alpha value is -1.69. The Morgan fingerprint density at radius 1 is 1.26 bits per heavy atom. The lowest BCUT2D eigenvalue weighted by molar-refractivity contribution is -0.136. The van der Waals surface area contributed by atoms with Crippen LogP contribution in [0.5, 0.6) is 11.5 Å². The second kappa shape index (κ2) is 7.68. The number of carboxylic acid groups (broad SMARTS) is 1. The third kappa shape index (κ3) is 5.65. The van der Waals surface area contributed by atoms with Crippen LogP contribution >= 0.6 is 11.8 Å². The highest BCUT2D eigenvalue weighted by atomic mass is 32.2. The maximum atomic E-state index is 11.5. The molecule has 1 aromatic rings. The Morgan fingerprint density at radius 3 is 2.37 bits per heavy atom. The summed E-state index contributed by atoms with van der Waals surface area (Å²) in [6.07, 6.45) is 0. The van der Waals surface area contributed by atoms with Gasteiger partial charge in [-0.3, -0.25) is 9.59 Å². The molecule has 19 heavy (non-hydrogen) atoms. The lowest BCUT2D eigenvalue weighted by atomic mass is 10.3. The summed E-state index contributed by atoms with van der Waals surface area (Å²) in [5, 5.41) is 8.05. The monoisotopic (exact) mass is 284 g/mol. The Bertz CT molecular complexity index is 429. The van der Waals surface area contributed by atoms with Gasteiger partial charge in [0.15, 0.2) is 0 Å². The van der Waals surface area contributed by atoms with Gasteiger partial charge in [-0.05, 0) is 38.1 Å². The van der Waals surface area contributed by atoms with Crippen molar-refractivity contribution in [1.29, 1.82) is 0 Å². The third-order valence-corrected chi connectivity index (χ3v) is 3.27. The minimum atomic E-state index is -0.945. The number of aliphatic carboxylic acids is 1. The first-order valence-electron chi connectivity index (χ1n) is 5.81. The highest BCUT2D eigenvalue weighted by Crippen LogP contribution is 2.18. The van der Waals surface area contributed by atoms with Crippen molar-refractivity contribution in [2.75, 3.05) is 12.4 Å². The van der Waals surface area contributed by atoms with Gasteiger partial charge in [0.25, 0.3) is 0 Å². The fourth-order valence-corrected chi connectivity index (χ4v) is 1.78. The molecule has 0 aliphatic rings. The molecule has 1 atom stereocenters. The van der Waals surface area contributed by atoms with Gasteiger partial charge in [-0.25, -0.2) is 0 Å². The van der Waals surface area contributed by atoms with Crippen molar-refractivity contribution in [3.05, 3.63) is 24.3 Å². The number of thioether (sulfide) groups is 1. The van der Waals surface area contributed by atoms with Gasteiger partial charge >= 0.3 is 11.9 Å². The van der Waals surface area contributed by atoms with Crippen LogP contribution in [0.2, 0.25) is 0 Å². The molecule has 0 saturated carbocycles. The summed E-state index contributed by atoms with van der Waals surface area (Å²) in [4.78, 5) is 22.1. The van der Waals surface area contributed by atoms with Gasteiger partial charge in [-0.1, -0.05) is 0 Å². The molecule has 0 aliphatic heterocycles. The number of ether oxygens (including phenoxy) is 2. The number of hydrogen-bond acceptors (Lipinski definition) is 5. The van der Waals surface area contributed by atoms with E-state index < -0.39 is 17.2 Å². The van der Waals surface area contributed by atoms with Crippen LogP contribution in [0.15, 0.2) is 24.3 Å². The average molecular weight is 284 g/mol. The first-order chi connectivity index (χ1) is 9.02. The number of benzene rings is 1. The second-order valence-corrected chi connectivity index (χ2v) is 5.00. The molecule has 0 aliphatic carbocycles. The van der Waals surface area contributed by atoms with Crippen LogP contribution in [-0.2, 0) is 9.59 Å². The summed E-state index contributed by atoms with van der Waals surface area (Å²) in [6.45, 7) is 3.98. The van der Waals surface area contributed by atoms with Crippen LogP contribution in [0, 0.1) is 0 Å². The Morgan fingerprint density at radius 2 is 1.84 bits per heavy atom. The normalized spacial score (nSPS) is 11.7. The molecule has 0 heterocycles. The van der Waals surface area contributed by atoms with E-state index in [4.69, 9.17) is 14.6 Å². The van der Waals surface area contributed by atoms with Crippen LogP contribution in [0.3, 0.4) is 0 Å². The van der Waals surface area contributed by atoms with Crippen molar-refractivity contribution >= 4 is 23.7 Å². The predicted octanol–water partition coefficient (Wildman–Crippen LogP) is 2.20. The van der Waals surface area contributed by atoms with Crippen molar-refractivity contribution in [1.82, 2.24) is 0 Å². The van der Waals surface area contributed by atoms with Crippen molar-refractivity contribution < 1.29 is 24.2 Å². The Balaban J connectivity index is 2.41. The lowest BCUT2D eigenvalue weighted by Crippen LogP contribution is -2.17. The number of hydrogen-bond donors (Lipinski definition) is 1. The number of carbonyl (C=O) groups is 2. The third-order valence-electron chi connectivity index (χ3n) is 2.17. The van der Waals surface area contributed by atoms with Gasteiger partial charge in [0.05, 0.1) is 17.6 Å². The zero-order valence-electron chi connectivity index (χ0n) is 10.8. The molecule has 0 bridgehead atoms. The fraction of sp³-hybridized carbons (Fsp3) is 0.385. The Labute approximate surface area is 115 Å². The standard InChI is InChI=1S/C13H16O5S/c1-3-17-10-4-6-11(7-5-10)18-12(14)8-19-9(2)13(15)16/h4-7,9H,3,8H2,1-2H3,(H,15,16). The highest BCUT2D eigenvalue weighted by molar-refractivity contribution is 8.01. The van der Waals surface area contributed by atoms with E-state index in [0.717, 1.165) is 11.8 Å². The molecule has 0 amide bonds. The number of rotatable bonds is 7. The van der Waals surface area contributed by atoms with Crippen LogP contribution in [0.4, 0.5) is 0 Å². The zero-order valence-corrected chi connectivity index (χ0v) is 11.6. The predicted molar refractivity (Wildman–Crippen MR) is 72.8 cm³/mol. The molecule has 1 unspecified atom stereocenters. The van der Waals surface area contributed by atoms with E-state index in [2.05, 4.69) is 0 Å². The molecule has 0 spiro atoms. The number of esters is 1. The van der Waals surface area contributed by atoms with Crippen LogP contribution in [0.25, 0.3) is 0 Å². The van der Waals surface area contributed by atoms with E-state index in [-0.39, 0.29) is 5.75 Å². The molecule has 0 fully saturated rings. The average Bonchev–Trinajstić information content (AvgIpc) is 2.38. The van der Waals surface area contributed by atoms with E-state index in [1.54, 1.807) is 24.3 Å². The summed E-state index contributed by atoms with van der Waals surface area (Å²) in [5.41, 5.74) is 0. The van der Waals surface area contributed by atoms with Gasteiger partial charge < -0.3 is 14.6 Å². The molecule has 104 valence electrons. The van der Waals surface area contributed by atoms with E-state index in [0.29, 0.717) is 18.1 Å². The summed E-state index contributed by atoms with van der Waals surface area (Å²) >= 11 is 1.02. The summed E-state index contributed by atoms with van der Waals surface area (Å²) in [6, 6.07) is 6.68. The largest absolute Gasteiger partial charge is 0.494 e. The lowest BCUT2D eigenvalue weighted by Gasteiger charge is -2.07. The molecule has 0 saturated heterocycles. The molecule has 6 heteroatoms. The summed E-state index contributed by atoms with van der Waals surface area (Å²) < 4.78 is 10.3. The molecule has 5 nitrogen and oxygen atoms in total. The summed E-state index contributed by atoms with van der Waals surface area (Å²) in [5.74, 6) is -0.296. The van der Waals surface area contributed by atoms with Gasteiger partial charge in [-0.15, -0.1) is 11.8 Å². The van der Waals surface area contributed by atoms with Crippen molar-refractivity contribution in [2.24, 2.45) is 0 Å². The van der Waals surface area contributed by atoms with Gasteiger partial charge in [0.2, 0.25) is 0 Å². The minimum absolute atomic E-state index is 0.000673. The van der Waals surface area contributed by atoms with Crippen LogP contribution in [0.1, 0.15) is 13.8 Å². The second-order valence-electron chi connectivity index (χ2n) is 3.67. The van der Waals surface area contributed by atoms with Crippen LogP contribution in [-0.4, -0.2) is 34.7 Å². The smallest absolute Gasteiger partial charge is 0.321 e. The maximum Gasteiger partial charge on any atom is 0.321 e. The minimum Gasteiger partial charge on any atom is -0.494 e. The van der Waals surface area contributed by atoms with Crippen molar-refractivity contribution in [2.45, 2.75) is 19.1 Å². The molecule has 1 rings (SSSR count). The molecule has 1 aromatic carbocycles. The zero-order chi connectivity index (χ0) is 14.3. The van der Waals surface area contributed by atoms with Gasteiger partial charge in [-0.2, -0.15) is 0 Å². The number of carboxylic acids is 1. The van der Waals surface area contributed by atoms with Gasteiger partial charge in [0, 0.05) is 0 Å². The fourth-order valence-electron chi connectivity index (χ4n) is 1.20. The quantitative estimate of drug-likeness (QED) is 0.611. The van der Waals surface area contributed by atoms with Crippen molar-refractivity contribution in [3.8, 4) is 11.5 Å². The Kier molecular flexibility index (Phi) is 6.21. The first-order valence-corrected chi connectivity index (χ1v) is 6.85. The topological polar surface area (TPSA) is 72.8 Å². The maximum absolute atomic E-state index is 11.5. The molecular formula is C13H16O5S. The molecule has 0 aromatic heterocycles. The SMILES string of the molecule is CCOc1ccc(OC(=O)CSC(C)C(=O)O)cc1. The van der Waals surface area contributed by atoms with E-state index in [1.165, 1.54) is 6.92 Å². The molecule has 1 N–H and O–H groups in total. The molecular weight excluding hydrogens is 268 g/mol. The van der Waals surface area contributed by atoms with Crippen molar-refractivity contribution in [3.63, 3.8) is 0 Å². The number of carbonyl (C=O) groups excluding carboxylic acids is 1. The van der Waals surface area contributed by atoms with E-state index in [1.807, 2.05) is 6.92 Å². The van der Waals surface area contributed by atoms with E-state index >= 15 is 0 Å². The van der Waals surface area contributed by atoms with Crippen LogP contribution < -0.4 is 9.47 Å². The van der Waals surface area contributed by atoms with E-state index in [9.17, 15) is 9.59 Å². The summed E-state index contributed by atoms with van der Waals surface area (Å²) in [7, 11) is 0. The van der Waals surface area contributed by atoms with Gasteiger partial charge in [0.1, 0.15) is 11.5 Å². The molecule has 0 radical (unpaired) electrons.